The maximum Gasteiger partial charge on any atom is 0.338 e. The first-order chi connectivity index (χ1) is 9.61. The molecule has 0 aliphatic heterocycles. The molecule has 0 heterocycles. The molecule has 1 aromatic rings. The summed E-state index contributed by atoms with van der Waals surface area (Å²) in [6.45, 7) is 2.17. The molecule has 0 saturated heterocycles. The van der Waals surface area contributed by atoms with Crippen molar-refractivity contribution in [2.24, 2.45) is 5.73 Å². The number of amides is 1. The van der Waals surface area contributed by atoms with Crippen LogP contribution in [0.2, 0.25) is 0 Å². The number of aryl methyl sites for hydroxylation is 1. The van der Waals surface area contributed by atoms with Crippen molar-refractivity contribution in [2.45, 2.75) is 18.7 Å². The molecule has 0 aliphatic carbocycles. The van der Waals surface area contributed by atoms with Crippen LogP contribution in [0.5, 0.6) is 0 Å². The molecule has 0 atom stereocenters. The summed E-state index contributed by atoms with van der Waals surface area (Å²) in [5.74, 6) is -3.43. The van der Waals surface area contributed by atoms with Gasteiger partial charge < -0.3 is 10.8 Å². The predicted octanol–water partition coefficient (Wildman–Crippen LogP) is 0.328. The first-order valence-corrected chi connectivity index (χ1v) is 7.37. The number of aromatic carboxylic acids is 1. The number of carboxylic acids is 1. The SMILES string of the molecule is CCN(CC(N)=O)S(=O)(=O)c1cc(C)c(F)c(C(=O)O)c1. The van der Waals surface area contributed by atoms with Crippen LogP contribution in [0.3, 0.4) is 0 Å². The van der Waals surface area contributed by atoms with Crippen LogP contribution in [0.25, 0.3) is 0 Å². The smallest absolute Gasteiger partial charge is 0.338 e. The number of halogens is 1. The van der Waals surface area contributed by atoms with Gasteiger partial charge in [-0.1, -0.05) is 6.92 Å². The molecule has 7 nitrogen and oxygen atoms in total. The van der Waals surface area contributed by atoms with Gasteiger partial charge in [0, 0.05) is 6.54 Å². The number of likely N-dealkylation sites (N-methyl/N-ethyl adjacent to an activating group) is 1. The normalized spacial score (nSPS) is 11.6. The average Bonchev–Trinajstić information content (AvgIpc) is 2.37. The molecule has 1 aromatic carbocycles. The van der Waals surface area contributed by atoms with E-state index in [0.29, 0.717) is 0 Å². The fourth-order valence-electron chi connectivity index (χ4n) is 1.73. The third-order valence-corrected chi connectivity index (χ3v) is 4.68. The number of hydrogen-bond donors (Lipinski definition) is 2. The van der Waals surface area contributed by atoms with Crippen molar-refractivity contribution in [3.8, 4) is 0 Å². The summed E-state index contributed by atoms with van der Waals surface area (Å²) in [6, 6.07) is 1.74. The van der Waals surface area contributed by atoms with Crippen molar-refractivity contribution >= 4 is 21.9 Å². The van der Waals surface area contributed by atoms with Gasteiger partial charge in [0.1, 0.15) is 5.82 Å². The molecule has 3 N–H and O–H groups in total. The topological polar surface area (TPSA) is 118 Å². The van der Waals surface area contributed by atoms with Gasteiger partial charge in [0.05, 0.1) is 17.0 Å². The summed E-state index contributed by atoms with van der Waals surface area (Å²) < 4.78 is 39.1. The Morgan fingerprint density at radius 2 is 1.95 bits per heavy atom. The molecule has 9 heteroatoms. The Morgan fingerprint density at radius 3 is 2.38 bits per heavy atom. The molecule has 0 radical (unpaired) electrons. The average molecular weight is 318 g/mol. The monoisotopic (exact) mass is 318 g/mol. The quantitative estimate of drug-likeness (QED) is 0.783. The van der Waals surface area contributed by atoms with Crippen LogP contribution in [0.4, 0.5) is 4.39 Å². The van der Waals surface area contributed by atoms with Crippen LogP contribution in [0.1, 0.15) is 22.8 Å². The summed E-state index contributed by atoms with van der Waals surface area (Å²) in [5.41, 5.74) is 4.11. The van der Waals surface area contributed by atoms with E-state index in [2.05, 4.69) is 0 Å². The second-order valence-corrected chi connectivity index (χ2v) is 6.24. The molecule has 21 heavy (non-hydrogen) atoms. The van der Waals surface area contributed by atoms with Crippen LogP contribution in [0.15, 0.2) is 17.0 Å². The fraction of sp³-hybridized carbons (Fsp3) is 0.333. The number of nitrogens with two attached hydrogens (primary N) is 1. The van der Waals surface area contributed by atoms with Gasteiger partial charge in [0.2, 0.25) is 15.9 Å². The van der Waals surface area contributed by atoms with E-state index < -0.39 is 44.7 Å². The minimum Gasteiger partial charge on any atom is -0.478 e. The third kappa shape index (κ3) is 3.56. The fourth-order valence-corrected chi connectivity index (χ4v) is 3.26. The molecule has 0 aromatic heterocycles. The zero-order chi connectivity index (χ0) is 16.4. The molecule has 0 spiro atoms. The van der Waals surface area contributed by atoms with Gasteiger partial charge >= 0.3 is 5.97 Å². The Kier molecular flexibility index (Phi) is 5.02. The van der Waals surface area contributed by atoms with Crippen LogP contribution < -0.4 is 5.73 Å². The molecule has 116 valence electrons. The van der Waals surface area contributed by atoms with Gasteiger partial charge in [0.15, 0.2) is 0 Å². The van der Waals surface area contributed by atoms with E-state index in [1.807, 2.05) is 0 Å². The van der Waals surface area contributed by atoms with Crippen molar-refractivity contribution < 1.29 is 27.5 Å². The Morgan fingerprint density at radius 1 is 1.38 bits per heavy atom. The molecule has 0 unspecified atom stereocenters. The summed E-state index contributed by atoms with van der Waals surface area (Å²) in [4.78, 5) is 21.5. The lowest BCUT2D eigenvalue weighted by atomic mass is 10.1. The standard InChI is InChI=1S/C12H15FN2O5S/c1-3-15(6-10(14)16)21(19,20)8-4-7(2)11(13)9(5-8)12(17)18/h4-5H,3,6H2,1-2H3,(H2,14,16)(H,17,18). The number of benzene rings is 1. The van der Waals surface area contributed by atoms with E-state index in [9.17, 15) is 22.4 Å². The Balaban J connectivity index is 3.44. The highest BCUT2D eigenvalue weighted by Gasteiger charge is 2.27. The number of nitrogens with zero attached hydrogens (tertiary/aromatic N) is 1. The second-order valence-electron chi connectivity index (χ2n) is 4.30. The first kappa shape index (κ1) is 17.1. The molecule has 1 amide bonds. The van der Waals surface area contributed by atoms with Gasteiger partial charge in [-0.3, -0.25) is 4.79 Å². The number of rotatable bonds is 6. The zero-order valence-corrected chi connectivity index (χ0v) is 12.3. The van der Waals surface area contributed by atoms with E-state index in [-0.39, 0.29) is 12.1 Å². The van der Waals surface area contributed by atoms with Gasteiger partial charge in [-0.15, -0.1) is 0 Å². The number of carbonyl (C=O) groups is 2. The predicted molar refractivity (Wildman–Crippen MR) is 71.7 cm³/mol. The van der Waals surface area contributed by atoms with Crippen LogP contribution in [-0.4, -0.2) is 42.8 Å². The van der Waals surface area contributed by atoms with Crippen LogP contribution in [0, 0.1) is 12.7 Å². The van der Waals surface area contributed by atoms with Crippen LogP contribution >= 0.6 is 0 Å². The third-order valence-electron chi connectivity index (χ3n) is 2.78. The number of carbonyl (C=O) groups excluding carboxylic acids is 1. The summed E-state index contributed by atoms with van der Waals surface area (Å²) in [7, 11) is -4.14. The van der Waals surface area contributed by atoms with E-state index >= 15 is 0 Å². The van der Waals surface area contributed by atoms with Crippen molar-refractivity contribution in [3.05, 3.63) is 29.1 Å². The molecular formula is C12H15FN2O5S. The lowest BCUT2D eigenvalue weighted by Crippen LogP contribution is -2.38. The van der Waals surface area contributed by atoms with Crippen molar-refractivity contribution in [2.75, 3.05) is 13.1 Å². The van der Waals surface area contributed by atoms with Gasteiger partial charge in [-0.2, -0.15) is 4.31 Å². The number of primary amides is 1. The largest absolute Gasteiger partial charge is 0.478 e. The van der Waals surface area contributed by atoms with E-state index in [1.165, 1.54) is 13.8 Å². The summed E-state index contributed by atoms with van der Waals surface area (Å²) >= 11 is 0. The van der Waals surface area contributed by atoms with E-state index in [1.54, 1.807) is 0 Å². The molecule has 0 bridgehead atoms. The van der Waals surface area contributed by atoms with Gasteiger partial charge in [0.25, 0.3) is 0 Å². The van der Waals surface area contributed by atoms with Gasteiger partial charge in [-0.25, -0.2) is 17.6 Å². The first-order valence-electron chi connectivity index (χ1n) is 5.93. The molecule has 1 rings (SSSR count). The maximum atomic E-state index is 13.7. The number of sulfonamides is 1. The summed E-state index contributed by atoms with van der Waals surface area (Å²) in [5, 5.41) is 8.90. The van der Waals surface area contributed by atoms with E-state index in [4.69, 9.17) is 10.8 Å². The van der Waals surface area contributed by atoms with E-state index in [0.717, 1.165) is 16.4 Å². The number of hydrogen-bond acceptors (Lipinski definition) is 4. The minimum atomic E-state index is -4.14. The molecule has 0 aliphatic rings. The second kappa shape index (κ2) is 6.19. The zero-order valence-electron chi connectivity index (χ0n) is 11.5. The lowest BCUT2D eigenvalue weighted by Gasteiger charge is -2.19. The molecule has 0 saturated carbocycles. The Labute approximate surface area is 121 Å². The van der Waals surface area contributed by atoms with Crippen LogP contribution in [-0.2, 0) is 14.8 Å². The summed E-state index contributed by atoms with van der Waals surface area (Å²) in [6.07, 6.45) is 0. The number of carboxylic acid groups (broad SMARTS) is 1. The highest BCUT2D eigenvalue weighted by molar-refractivity contribution is 7.89. The van der Waals surface area contributed by atoms with Gasteiger partial charge in [-0.05, 0) is 24.6 Å². The van der Waals surface area contributed by atoms with Crippen molar-refractivity contribution in [1.29, 1.82) is 0 Å². The maximum absolute atomic E-state index is 13.7. The lowest BCUT2D eigenvalue weighted by molar-refractivity contribution is -0.118. The molecular weight excluding hydrogens is 303 g/mol. The Bertz CT molecular complexity index is 687. The highest BCUT2D eigenvalue weighted by atomic mass is 32.2. The Hall–Kier alpha value is -2.00. The van der Waals surface area contributed by atoms with Crippen molar-refractivity contribution in [3.63, 3.8) is 0 Å². The van der Waals surface area contributed by atoms with Crippen molar-refractivity contribution in [1.82, 2.24) is 4.31 Å². The minimum absolute atomic E-state index is 0.0376. The molecule has 0 fully saturated rings. The highest BCUT2D eigenvalue weighted by Crippen LogP contribution is 2.22.